The summed E-state index contributed by atoms with van der Waals surface area (Å²) in [5.74, 6) is -0.632. The largest absolute Gasteiger partial charge is 0.465 e. The van der Waals surface area contributed by atoms with Crippen LogP contribution in [0.5, 0.6) is 0 Å². The lowest BCUT2D eigenvalue weighted by Gasteiger charge is -2.18. The zero-order valence-electron chi connectivity index (χ0n) is 16.1. The first-order valence-electron chi connectivity index (χ1n) is 9.14. The van der Waals surface area contributed by atoms with Gasteiger partial charge in [0.2, 0.25) is 0 Å². The van der Waals surface area contributed by atoms with Crippen LogP contribution >= 0.6 is 11.3 Å². The van der Waals surface area contributed by atoms with Crippen molar-refractivity contribution in [1.29, 1.82) is 0 Å². The molecule has 0 spiro atoms. The van der Waals surface area contributed by atoms with Crippen LogP contribution in [0.3, 0.4) is 0 Å². The Morgan fingerprint density at radius 3 is 2.68 bits per heavy atom. The molecule has 8 heteroatoms. The molecule has 1 aliphatic carbocycles. The lowest BCUT2D eigenvalue weighted by Crippen LogP contribution is -2.18. The Balaban J connectivity index is 2.01. The van der Waals surface area contributed by atoms with Gasteiger partial charge in [-0.05, 0) is 42.9 Å². The van der Waals surface area contributed by atoms with Crippen LogP contribution < -0.4 is 5.32 Å². The standard InChI is InChI=1S/C20H23NO5S2/c1-4-28(24,25)16-8-6-5-7-14(16)18(22)21-19-17(20(23)26-3)13-10-9-12(2)11-15(13)27-19/h5-8,12H,4,9-11H2,1-3H3,(H,21,22)/t12-/m1/s1. The van der Waals surface area contributed by atoms with Crippen LogP contribution in [0.2, 0.25) is 0 Å². The van der Waals surface area contributed by atoms with E-state index in [-0.39, 0.29) is 16.2 Å². The van der Waals surface area contributed by atoms with E-state index in [1.54, 1.807) is 12.1 Å². The fourth-order valence-electron chi connectivity index (χ4n) is 3.41. The van der Waals surface area contributed by atoms with E-state index in [0.717, 1.165) is 29.7 Å². The predicted octanol–water partition coefficient (Wildman–Crippen LogP) is 3.71. The van der Waals surface area contributed by atoms with Crippen LogP contribution in [0.4, 0.5) is 5.00 Å². The van der Waals surface area contributed by atoms with Gasteiger partial charge in [0.15, 0.2) is 9.84 Å². The zero-order valence-corrected chi connectivity index (χ0v) is 17.7. The maximum Gasteiger partial charge on any atom is 0.341 e. The third kappa shape index (κ3) is 3.84. The Morgan fingerprint density at radius 2 is 2.00 bits per heavy atom. The van der Waals surface area contributed by atoms with Crippen LogP contribution in [0, 0.1) is 5.92 Å². The maximum atomic E-state index is 12.9. The SMILES string of the molecule is CCS(=O)(=O)c1ccccc1C(=O)Nc1sc2c(c1C(=O)OC)CC[C@@H](C)C2. The number of rotatable bonds is 5. The number of methoxy groups -OCH3 is 1. The van der Waals surface area contributed by atoms with Gasteiger partial charge in [-0.2, -0.15) is 0 Å². The molecule has 1 aromatic heterocycles. The van der Waals surface area contributed by atoms with Crippen molar-refractivity contribution in [2.75, 3.05) is 18.2 Å². The van der Waals surface area contributed by atoms with Crippen LogP contribution in [0.1, 0.15) is 51.4 Å². The molecule has 1 amide bonds. The number of anilines is 1. The van der Waals surface area contributed by atoms with Gasteiger partial charge in [0.05, 0.1) is 28.9 Å². The molecule has 1 heterocycles. The number of fused-ring (bicyclic) bond motifs is 1. The second-order valence-corrected chi connectivity index (χ2v) is 10.3. The Hall–Kier alpha value is -2.19. The smallest absolute Gasteiger partial charge is 0.341 e. The van der Waals surface area contributed by atoms with Gasteiger partial charge < -0.3 is 10.1 Å². The van der Waals surface area contributed by atoms with E-state index in [0.29, 0.717) is 16.5 Å². The van der Waals surface area contributed by atoms with Crippen LogP contribution in [0.25, 0.3) is 0 Å². The second-order valence-electron chi connectivity index (χ2n) is 6.90. The highest BCUT2D eigenvalue weighted by Gasteiger charge is 2.30. The van der Waals surface area contributed by atoms with Crippen molar-refractivity contribution in [2.45, 2.75) is 38.0 Å². The molecule has 0 saturated carbocycles. The molecule has 6 nitrogen and oxygen atoms in total. The molecule has 2 aromatic rings. The summed E-state index contributed by atoms with van der Waals surface area (Å²) < 4.78 is 29.6. The minimum absolute atomic E-state index is 0.00967. The first kappa shape index (κ1) is 20.5. The van der Waals surface area contributed by atoms with Gasteiger partial charge >= 0.3 is 5.97 Å². The lowest BCUT2D eigenvalue weighted by atomic mass is 9.88. The lowest BCUT2D eigenvalue weighted by molar-refractivity contribution is 0.0601. The van der Waals surface area contributed by atoms with Crippen molar-refractivity contribution in [3.05, 3.63) is 45.8 Å². The number of carbonyl (C=O) groups excluding carboxylic acids is 2. The van der Waals surface area contributed by atoms with Gasteiger partial charge in [-0.3, -0.25) is 4.79 Å². The number of esters is 1. The third-order valence-corrected chi connectivity index (χ3v) is 7.93. The summed E-state index contributed by atoms with van der Waals surface area (Å²) in [6.07, 6.45) is 2.58. The van der Waals surface area contributed by atoms with E-state index in [9.17, 15) is 18.0 Å². The molecule has 3 rings (SSSR count). The van der Waals surface area contributed by atoms with Crippen molar-refractivity contribution in [2.24, 2.45) is 5.92 Å². The fraction of sp³-hybridized carbons (Fsp3) is 0.400. The first-order valence-corrected chi connectivity index (χ1v) is 11.6. The predicted molar refractivity (Wildman–Crippen MR) is 109 cm³/mol. The molecule has 1 N–H and O–H groups in total. The van der Waals surface area contributed by atoms with Gasteiger partial charge in [0.1, 0.15) is 5.00 Å². The van der Waals surface area contributed by atoms with Crippen molar-refractivity contribution >= 4 is 38.1 Å². The molecule has 0 bridgehead atoms. The molecule has 0 aliphatic heterocycles. The Morgan fingerprint density at radius 1 is 1.29 bits per heavy atom. The molecule has 1 aliphatic rings. The molecule has 0 fully saturated rings. The summed E-state index contributed by atoms with van der Waals surface area (Å²) in [5.41, 5.74) is 1.39. The van der Waals surface area contributed by atoms with Crippen LogP contribution in [-0.4, -0.2) is 33.2 Å². The van der Waals surface area contributed by atoms with Gasteiger partial charge in [-0.1, -0.05) is 26.0 Å². The van der Waals surface area contributed by atoms with Crippen molar-refractivity contribution in [3.8, 4) is 0 Å². The summed E-state index contributed by atoms with van der Waals surface area (Å²) in [6, 6.07) is 6.11. The molecule has 0 radical (unpaired) electrons. The Labute approximate surface area is 168 Å². The molecular weight excluding hydrogens is 398 g/mol. The normalized spacial score (nSPS) is 16.3. The number of hydrogen-bond donors (Lipinski definition) is 1. The highest BCUT2D eigenvalue weighted by Crippen LogP contribution is 2.40. The topological polar surface area (TPSA) is 89.5 Å². The number of ether oxygens (including phenoxy) is 1. The summed E-state index contributed by atoms with van der Waals surface area (Å²) in [5, 5.41) is 3.18. The monoisotopic (exact) mass is 421 g/mol. The second kappa shape index (κ2) is 8.05. The number of sulfone groups is 1. The maximum absolute atomic E-state index is 12.9. The summed E-state index contributed by atoms with van der Waals surface area (Å²) >= 11 is 1.37. The molecule has 28 heavy (non-hydrogen) atoms. The van der Waals surface area contributed by atoms with E-state index in [1.807, 2.05) is 0 Å². The van der Waals surface area contributed by atoms with E-state index in [2.05, 4.69) is 12.2 Å². The number of nitrogens with one attached hydrogen (secondary N) is 1. The van der Waals surface area contributed by atoms with Crippen molar-refractivity contribution in [1.82, 2.24) is 0 Å². The molecule has 1 aromatic carbocycles. The van der Waals surface area contributed by atoms with E-state index in [4.69, 9.17) is 4.74 Å². The van der Waals surface area contributed by atoms with E-state index >= 15 is 0 Å². The average molecular weight is 422 g/mol. The molecule has 0 unspecified atom stereocenters. The van der Waals surface area contributed by atoms with Crippen LogP contribution in [0.15, 0.2) is 29.2 Å². The van der Waals surface area contributed by atoms with Gasteiger partial charge in [0, 0.05) is 4.88 Å². The van der Waals surface area contributed by atoms with E-state index in [1.165, 1.54) is 37.5 Å². The summed E-state index contributed by atoms with van der Waals surface area (Å²) in [7, 11) is -2.24. The number of carbonyl (C=O) groups is 2. The summed E-state index contributed by atoms with van der Waals surface area (Å²) in [4.78, 5) is 26.4. The van der Waals surface area contributed by atoms with Crippen LogP contribution in [-0.2, 0) is 27.4 Å². The minimum atomic E-state index is -3.56. The Kier molecular flexibility index (Phi) is 5.90. The number of amides is 1. The highest BCUT2D eigenvalue weighted by molar-refractivity contribution is 7.91. The number of thiophene rings is 1. The quantitative estimate of drug-likeness (QED) is 0.744. The van der Waals surface area contributed by atoms with Gasteiger partial charge in [-0.15, -0.1) is 11.3 Å². The van der Waals surface area contributed by atoms with Gasteiger partial charge in [-0.25, -0.2) is 13.2 Å². The van der Waals surface area contributed by atoms with Gasteiger partial charge in [0.25, 0.3) is 5.91 Å². The molecule has 1 atom stereocenters. The third-order valence-electron chi connectivity index (χ3n) is 4.98. The molecule has 150 valence electrons. The average Bonchev–Trinajstić information content (AvgIpc) is 3.04. The Bertz CT molecular complexity index is 1020. The number of benzene rings is 1. The fourth-order valence-corrected chi connectivity index (χ4v) is 5.89. The summed E-state index contributed by atoms with van der Waals surface area (Å²) in [6.45, 7) is 3.69. The highest BCUT2D eigenvalue weighted by atomic mass is 32.2. The minimum Gasteiger partial charge on any atom is -0.465 e. The molecule has 0 saturated heterocycles. The number of hydrogen-bond acceptors (Lipinski definition) is 6. The zero-order chi connectivity index (χ0) is 20.5. The van der Waals surface area contributed by atoms with E-state index < -0.39 is 21.7 Å². The van der Waals surface area contributed by atoms with Crippen molar-refractivity contribution < 1.29 is 22.7 Å². The van der Waals surface area contributed by atoms with Crippen molar-refractivity contribution in [3.63, 3.8) is 0 Å². The molecular formula is C20H23NO5S2. The first-order chi connectivity index (χ1) is 13.3.